The summed E-state index contributed by atoms with van der Waals surface area (Å²) >= 11 is 0. The van der Waals surface area contributed by atoms with E-state index in [1.165, 1.54) is 0 Å². The molecule has 0 aromatic heterocycles. The van der Waals surface area contributed by atoms with Crippen LogP contribution in [0.3, 0.4) is 0 Å². The highest BCUT2D eigenvalue weighted by atomic mass is 16.5. The number of aliphatic hydroxyl groups excluding tert-OH is 1. The standard InChI is InChI=1S/C9H16O2/c1-6-8(10)7(5-11-6)9(2,3)4/h6,10H,5H2,1-4H3. The van der Waals surface area contributed by atoms with Gasteiger partial charge in [-0.05, 0) is 12.3 Å². The van der Waals surface area contributed by atoms with Gasteiger partial charge < -0.3 is 9.84 Å². The molecular formula is C9H16O2. The second-order valence-corrected chi connectivity index (χ2v) is 4.07. The number of hydrogen-bond donors (Lipinski definition) is 1. The molecule has 11 heavy (non-hydrogen) atoms. The summed E-state index contributed by atoms with van der Waals surface area (Å²) in [6.07, 6.45) is -0.107. The van der Waals surface area contributed by atoms with Crippen LogP contribution in [-0.4, -0.2) is 17.8 Å². The average molecular weight is 156 g/mol. The van der Waals surface area contributed by atoms with Gasteiger partial charge >= 0.3 is 0 Å². The quantitative estimate of drug-likeness (QED) is 0.583. The van der Waals surface area contributed by atoms with E-state index in [2.05, 4.69) is 20.8 Å². The third-order valence-electron chi connectivity index (χ3n) is 2.08. The molecule has 0 bridgehead atoms. The fraction of sp³-hybridized carbons (Fsp3) is 0.778. The second-order valence-electron chi connectivity index (χ2n) is 4.07. The minimum absolute atomic E-state index is 0.0366. The topological polar surface area (TPSA) is 29.5 Å². The Bertz CT molecular complexity index is 186. The summed E-state index contributed by atoms with van der Waals surface area (Å²) in [5.41, 5.74) is 1.07. The maximum Gasteiger partial charge on any atom is 0.123 e. The van der Waals surface area contributed by atoms with Crippen LogP contribution in [0.2, 0.25) is 0 Å². The molecule has 1 rings (SSSR count). The van der Waals surface area contributed by atoms with Crippen LogP contribution in [0.1, 0.15) is 27.7 Å². The van der Waals surface area contributed by atoms with Crippen LogP contribution in [0.25, 0.3) is 0 Å². The molecule has 1 heterocycles. The second kappa shape index (κ2) is 2.52. The zero-order valence-electron chi connectivity index (χ0n) is 7.64. The van der Waals surface area contributed by atoms with Crippen molar-refractivity contribution >= 4 is 0 Å². The lowest BCUT2D eigenvalue weighted by Gasteiger charge is -2.19. The van der Waals surface area contributed by atoms with Crippen LogP contribution in [0.5, 0.6) is 0 Å². The smallest absolute Gasteiger partial charge is 0.123 e. The first-order valence-electron chi connectivity index (χ1n) is 3.97. The number of rotatable bonds is 0. The van der Waals surface area contributed by atoms with Crippen molar-refractivity contribution in [2.24, 2.45) is 5.41 Å². The zero-order valence-corrected chi connectivity index (χ0v) is 7.64. The molecule has 1 unspecified atom stereocenters. The van der Waals surface area contributed by atoms with Crippen molar-refractivity contribution in [3.63, 3.8) is 0 Å². The Morgan fingerprint density at radius 3 is 2.18 bits per heavy atom. The average Bonchev–Trinajstić information content (AvgIpc) is 2.11. The van der Waals surface area contributed by atoms with Crippen LogP contribution < -0.4 is 0 Å². The predicted molar refractivity (Wildman–Crippen MR) is 44.5 cm³/mol. The SMILES string of the molecule is CC1OCC(C(C)(C)C)=C1O. The Balaban J connectivity index is 2.88. The van der Waals surface area contributed by atoms with Gasteiger partial charge in [-0.3, -0.25) is 0 Å². The van der Waals surface area contributed by atoms with E-state index in [0.717, 1.165) is 5.57 Å². The Morgan fingerprint density at radius 1 is 1.45 bits per heavy atom. The Morgan fingerprint density at radius 2 is 2.00 bits per heavy atom. The maximum atomic E-state index is 9.55. The molecule has 0 saturated carbocycles. The number of ether oxygens (including phenoxy) is 1. The van der Waals surface area contributed by atoms with E-state index in [9.17, 15) is 5.11 Å². The normalized spacial score (nSPS) is 26.4. The fourth-order valence-electron chi connectivity index (χ4n) is 1.21. The molecule has 0 radical (unpaired) electrons. The van der Waals surface area contributed by atoms with Gasteiger partial charge in [0, 0.05) is 5.57 Å². The third-order valence-corrected chi connectivity index (χ3v) is 2.08. The summed E-state index contributed by atoms with van der Waals surface area (Å²) in [5.74, 6) is 0.428. The molecule has 2 heteroatoms. The molecule has 0 amide bonds. The molecule has 0 aliphatic carbocycles. The van der Waals surface area contributed by atoms with Gasteiger partial charge in [0.05, 0.1) is 6.61 Å². The summed E-state index contributed by atoms with van der Waals surface area (Å²) in [6, 6.07) is 0. The zero-order chi connectivity index (χ0) is 8.65. The lowest BCUT2D eigenvalue weighted by molar-refractivity contribution is 0.107. The number of hydrogen-bond acceptors (Lipinski definition) is 2. The molecule has 1 aliphatic heterocycles. The minimum Gasteiger partial charge on any atom is -0.509 e. The van der Waals surface area contributed by atoms with Crippen molar-refractivity contribution < 1.29 is 9.84 Å². The summed E-state index contributed by atoms with van der Waals surface area (Å²) in [7, 11) is 0. The van der Waals surface area contributed by atoms with Gasteiger partial charge in [-0.25, -0.2) is 0 Å². The van der Waals surface area contributed by atoms with Crippen molar-refractivity contribution in [1.82, 2.24) is 0 Å². The molecule has 1 atom stereocenters. The molecule has 0 spiro atoms. The van der Waals surface area contributed by atoms with E-state index in [0.29, 0.717) is 12.4 Å². The highest BCUT2D eigenvalue weighted by Gasteiger charge is 2.29. The van der Waals surface area contributed by atoms with E-state index in [1.54, 1.807) is 0 Å². The van der Waals surface area contributed by atoms with Crippen molar-refractivity contribution in [3.05, 3.63) is 11.3 Å². The first-order valence-corrected chi connectivity index (χ1v) is 3.97. The van der Waals surface area contributed by atoms with Crippen molar-refractivity contribution in [3.8, 4) is 0 Å². The minimum atomic E-state index is -0.107. The van der Waals surface area contributed by atoms with Gasteiger partial charge in [0.1, 0.15) is 11.9 Å². The largest absolute Gasteiger partial charge is 0.509 e. The van der Waals surface area contributed by atoms with Crippen molar-refractivity contribution in [2.45, 2.75) is 33.8 Å². The van der Waals surface area contributed by atoms with Crippen LogP contribution in [0.4, 0.5) is 0 Å². The Kier molecular flexibility index (Phi) is 1.97. The molecule has 2 nitrogen and oxygen atoms in total. The van der Waals surface area contributed by atoms with Gasteiger partial charge in [-0.15, -0.1) is 0 Å². The molecular weight excluding hydrogens is 140 g/mol. The Hall–Kier alpha value is -0.500. The predicted octanol–water partition coefficient (Wildman–Crippen LogP) is 2.26. The monoisotopic (exact) mass is 156 g/mol. The molecule has 0 aromatic rings. The molecule has 0 fully saturated rings. The highest BCUT2D eigenvalue weighted by Crippen LogP contribution is 2.33. The molecule has 1 N–H and O–H groups in total. The number of aliphatic hydroxyl groups is 1. The van der Waals surface area contributed by atoms with Crippen LogP contribution in [-0.2, 0) is 4.74 Å². The van der Waals surface area contributed by atoms with E-state index in [4.69, 9.17) is 4.74 Å². The van der Waals surface area contributed by atoms with Crippen molar-refractivity contribution in [1.29, 1.82) is 0 Å². The molecule has 0 aromatic carbocycles. The van der Waals surface area contributed by atoms with Gasteiger partial charge in [0.25, 0.3) is 0 Å². The summed E-state index contributed by atoms with van der Waals surface area (Å²) in [5, 5.41) is 9.55. The molecule has 64 valence electrons. The Labute approximate surface area is 67.9 Å². The lowest BCUT2D eigenvalue weighted by Crippen LogP contribution is -2.12. The van der Waals surface area contributed by atoms with Gasteiger partial charge in [0.15, 0.2) is 0 Å². The highest BCUT2D eigenvalue weighted by molar-refractivity contribution is 5.21. The van der Waals surface area contributed by atoms with E-state index < -0.39 is 0 Å². The summed E-state index contributed by atoms with van der Waals surface area (Å²) in [4.78, 5) is 0. The van der Waals surface area contributed by atoms with Gasteiger partial charge in [-0.2, -0.15) is 0 Å². The first-order chi connectivity index (χ1) is 4.93. The van der Waals surface area contributed by atoms with Gasteiger partial charge in [-0.1, -0.05) is 20.8 Å². The third kappa shape index (κ3) is 1.56. The van der Waals surface area contributed by atoms with E-state index >= 15 is 0 Å². The first kappa shape index (κ1) is 8.60. The maximum absolute atomic E-state index is 9.55. The molecule has 1 aliphatic rings. The summed E-state index contributed by atoms with van der Waals surface area (Å²) < 4.78 is 5.28. The fourth-order valence-corrected chi connectivity index (χ4v) is 1.21. The van der Waals surface area contributed by atoms with E-state index in [1.807, 2.05) is 6.92 Å². The van der Waals surface area contributed by atoms with Crippen molar-refractivity contribution in [2.75, 3.05) is 6.61 Å². The molecule has 0 saturated heterocycles. The van der Waals surface area contributed by atoms with Crippen LogP contribution in [0, 0.1) is 5.41 Å². The summed E-state index contributed by atoms with van der Waals surface area (Å²) in [6.45, 7) is 8.70. The van der Waals surface area contributed by atoms with E-state index in [-0.39, 0.29) is 11.5 Å². The van der Waals surface area contributed by atoms with Crippen LogP contribution >= 0.6 is 0 Å². The lowest BCUT2D eigenvalue weighted by atomic mass is 9.86. The van der Waals surface area contributed by atoms with Gasteiger partial charge in [0.2, 0.25) is 0 Å². The van der Waals surface area contributed by atoms with Crippen LogP contribution in [0.15, 0.2) is 11.3 Å².